The predicted molar refractivity (Wildman–Crippen MR) is 103 cm³/mol. The van der Waals surface area contributed by atoms with Crippen LogP contribution < -0.4 is 14.8 Å². The first-order valence-corrected chi connectivity index (χ1v) is 9.60. The Balaban J connectivity index is 1.39. The molecule has 2 aliphatic rings. The number of amides is 1. The van der Waals surface area contributed by atoms with Gasteiger partial charge in [0, 0.05) is 0 Å². The first-order chi connectivity index (χ1) is 13.6. The lowest BCUT2D eigenvalue weighted by molar-refractivity contribution is -0.130. The number of benzene rings is 2. The molecular weight excluding hydrogens is 358 g/mol. The van der Waals surface area contributed by atoms with Crippen molar-refractivity contribution in [2.24, 2.45) is 0 Å². The van der Waals surface area contributed by atoms with E-state index in [-0.39, 0.29) is 11.9 Å². The molecule has 1 amide bonds. The smallest absolute Gasteiger partial charge is 0.339 e. The maximum atomic E-state index is 12.6. The molecule has 28 heavy (non-hydrogen) atoms. The van der Waals surface area contributed by atoms with E-state index in [4.69, 9.17) is 14.2 Å². The molecule has 2 atom stereocenters. The highest BCUT2D eigenvalue weighted by molar-refractivity contribution is 5.93. The lowest BCUT2D eigenvalue weighted by Crippen LogP contribution is -2.39. The molecule has 0 aromatic heterocycles. The van der Waals surface area contributed by atoms with Gasteiger partial charge in [-0.25, -0.2) is 4.79 Å². The molecule has 0 saturated carbocycles. The fraction of sp³-hybridized carbons (Fsp3) is 0.364. The third-order valence-corrected chi connectivity index (χ3v) is 5.12. The van der Waals surface area contributed by atoms with Crippen molar-refractivity contribution in [3.05, 3.63) is 59.2 Å². The Morgan fingerprint density at radius 1 is 1.11 bits per heavy atom. The number of carbonyl (C=O) groups excluding carboxylic acids is 2. The summed E-state index contributed by atoms with van der Waals surface area (Å²) in [6, 6.07) is 13.0. The van der Waals surface area contributed by atoms with E-state index in [0.29, 0.717) is 30.3 Å². The minimum absolute atomic E-state index is 0.0482. The van der Waals surface area contributed by atoms with Crippen molar-refractivity contribution in [2.45, 2.75) is 38.3 Å². The van der Waals surface area contributed by atoms with Crippen molar-refractivity contribution in [1.29, 1.82) is 0 Å². The van der Waals surface area contributed by atoms with E-state index in [2.05, 4.69) is 11.4 Å². The van der Waals surface area contributed by atoms with Gasteiger partial charge in [-0.15, -0.1) is 0 Å². The first-order valence-electron chi connectivity index (χ1n) is 9.60. The number of hydrogen-bond donors (Lipinski definition) is 1. The van der Waals surface area contributed by atoms with E-state index in [9.17, 15) is 9.59 Å². The molecule has 0 bridgehead atoms. The predicted octanol–water partition coefficient (Wildman–Crippen LogP) is 3.20. The van der Waals surface area contributed by atoms with Gasteiger partial charge < -0.3 is 19.5 Å². The first kappa shape index (κ1) is 18.3. The van der Waals surface area contributed by atoms with Crippen molar-refractivity contribution in [3.63, 3.8) is 0 Å². The number of fused-ring (bicyclic) bond motifs is 2. The fourth-order valence-corrected chi connectivity index (χ4v) is 3.65. The summed E-state index contributed by atoms with van der Waals surface area (Å²) in [6.07, 6.45) is 2.03. The van der Waals surface area contributed by atoms with Crippen molar-refractivity contribution in [1.82, 2.24) is 5.32 Å². The largest absolute Gasteiger partial charge is 0.486 e. The van der Waals surface area contributed by atoms with Gasteiger partial charge in [0.15, 0.2) is 17.6 Å². The van der Waals surface area contributed by atoms with Gasteiger partial charge >= 0.3 is 5.97 Å². The second-order valence-corrected chi connectivity index (χ2v) is 7.06. The molecule has 1 aliphatic carbocycles. The lowest BCUT2D eigenvalue weighted by Gasteiger charge is -2.27. The third-order valence-electron chi connectivity index (χ3n) is 5.12. The Hall–Kier alpha value is -3.02. The molecular formula is C22H23NO5. The molecule has 2 aromatic rings. The number of nitrogens with one attached hydrogen (secondary N) is 1. The van der Waals surface area contributed by atoms with Crippen molar-refractivity contribution >= 4 is 11.9 Å². The summed E-state index contributed by atoms with van der Waals surface area (Å²) in [6.45, 7) is 2.51. The van der Waals surface area contributed by atoms with Crippen molar-refractivity contribution in [2.75, 3.05) is 13.2 Å². The Morgan fingerprint density at radius 3 is 2.75 bits per heavy atom. The molecule has 0 radical (unpaired) electrons. The second kappa shape index (κ2) is 7.92. The summed E-state index contributed by atoms with van der Waals surface area (Å²) in [5.74, 6) is 0.248. The maximum absolute atomic E-state index is 12.6. The van der Waals surface area contributed by atoms with Gasteiger partial charge in [0.05, 0.1) is 11.6 Å². The highest BCUT2D eigenvalue weighted by atomic mass is 16.6. The van der Waals surface area contributed by atoms with Crippen LogP contribution in [0, 0.1) is 0 Å². The molecule has 6 heteroatoms. The van der Waals surface area contributed by atoms with Gasteiger partial charge in [-0.3, -0.25) is 4.79 Å². The van der Waals surface area contributed by atoms with Crippen LogP contribution in [0.1, 0.15) is 47.3 Å². The summed E-state index contributed by atoms with van der Waals surface area (Å²) >= 11 is 0. The normalized spacial score (nSPS) is 18.5. The van der Waals surface area contributed by atoms with Gasteiger partial charge in [0.2, 0.25) is 0 Å². The number of esters is 1. The van der Waals surface area contributed by atoms with Crippen LogP contribution in [0.5, 0.6) is 11.5 Å². The molecule has 0 fully saturated rings. The number of ether oxygens (including phenoxy) is 3. The van der Waals surface area contributed by atoms with Gasteiger partial charge in [-0.1, -0.05) is 24.3 Å². The zero-order valence-electron chi connectivity index (χ0n) is 15.8. The van der Waals surface area contributed by atoms with Crippen LogP contribution >= 0.6 is 0 Å². The van der Waals surface area contributed by atoms with Gasteiger partial charge in [0.1, 0.15) is 13.2 Å². The maximum Gasteiger partial charge on any atom is 0.339 e. The quantitative estimate of drug-likeness (QED) is 0.824. The van der Waals surface area contributed by atoms with Crippen LogP contribution in [0.25, 0.3) is 0 Å². The van der Waals surface area contributed by atoms with E-state index < -0.39 is 12.1 Å². The third kappa shape index (κ3) is 3.81. The summed E-state index contributed by atoms with van der Waals surface area (Å²) < 4.78 is 16.3. The molecule has 0 saturated heterocycles. The molecule has 2 aromatic carbocycles. The molecule has 1 N–H and O–H groups in total. The molecule has 1 heterocycles. The number of hydrogen-bond acceptors (Lipinski definition) is 5. The van der Waals surface area contributed by atoms with Crippen LogP contribution in [0.3, 0.4) is 0 Å². The Kier molecular flexibility index (Phi) is 5.19. The minimum atomic E-state index is -0.894. The molecule has 146 valence electrons. The zero-order chi connectivity index (χ0) is 19.5. The van der Waals surface area contributed by atoms with Crippen LogP contribution in [0.15, 0.2) is 42.5 Å². The van der Waals surface area contributed by atoms with Gasteiger partial charge in [-0.2, -0.15) is 0 Å². The van der Waals surface area contributed by atoms with Gasteiger partial charge in [0.25, 0.3) is 5.91 Å². The van der Waals surface area contributed by atoms with E-state index in [1.165, 1.54) is 5.56 Å². The van der Waals surface area contributed by atoms with E-state index in [1.807, 2.05) is 18.2 Å². The second-order valence-electron chi connectivity index (χ2n) is 7.06. The summed E-state index contributed by atoms with van der Waals surface area (Å²) in [4.78, 5) is 25.0. The Morgan fingerprint density at radius 2 is 1.89 bits per heavy atom. The summed E-state index contributed by atoms with van der Waals surface area (Å²) in [5, 5.41) is 3.02. The number of rotatable bonds is 4. The molecule has 1 aliphatic heterocycles. The number of carbonyl (C=O) groups is 2. The summed E-state index contributed by atoms with van der Waals surface area (Å²) in [5.41, 5.74) is 2.74. The van der Waals surface area contributed by atoms with Crippen LogP contribution in [-0.4, -0.2) is 31.2 Å². The average molecular weight is 381 g/mol. The standard InChI is InChI=1S/C22H23NO5/c1-14(21(24)23-18-8-4-6-15-5-2-3-7-17(15)18)28-22(25)16-9-10-19-20(13-16)27-12-11-26-19/h2-3,5,7,9-10,13-14,18H,4,6,8,11-12H2,1H3,(H,23,24)/t14-,18+/m0/s1. The summed E-state index contributed by atoms with van der Waals surface area (Å²) in [7, 11) is 0. The number of aryl methyl sites for hydroxylation is 1. The fourth-order valence-electron chi connectivity index (χ4n) is 3.65. The molecule has 0 unspecified atom stereocenters. The zero-order valence-corrected chi connectivity index (χ0v) is 15.8. The minimum Gasteiger partial charge on any atom is -0.486 e. The molecule has 4 rings (SSSR count). The Labute approximate surface area is 163 Å². The van der Waals surface area contributed by atoms with Crippen molar-refractivity contribution in [3.8, 4) is 11.5 Å². The van der Waals surface area contributed by atoms with E-state index >= 15 is 0 Å². The average Bonchev–Trinajstić information content (AvgIpc) is 2.73. The monoisotopic (exact) mass is 381 g/mol. The van der Waals surface area contributed by atoms with Gasteiger partial charge in [-0.05, 0) is 55.5 Å². The van der Waals surface area contributed by atoms with E-state index in [1.54, 1.807) is 25.1 Å². The highest BCUT2D eigenvalue weighted by Gasteiger charge is 2.26. The van der Waals surface area contributed by atoms with Crippen LogP contribution in [0.2, 0.25) is 0 Å². The Bertz CT molecular complexity index is 894. The van der Waals surface area contributed by atoms with E-state index in [0.717, 1.165) is 24.8 Å². The van der Waals surface area contributed by atoms with Crippen LogP contribution in [0.4, 0.5) is 0 Å². The van der Waals surface area contributed by atoms with Crippen molar-refractivity contribution < 1.29 is 23.8 Å². The lowest BCUT2D eigenvalue weighted by atomic mass is 9.87. The SMILES string of the molecule is C[C@H](OC(=O)c1ccc2c(c1)OCCO2)C(=O)N[C@@H]1CCCc2ccccc21. The highest BCUT2D eigenvalue weighted by Crippen LogP contribution is 2.31. The topological polar surface area (TPSA) is 73.9 Å². The molecule has 6 nitrogen and oxygen atoms in total. The van der Waals surface area contributed by atoms with Crippen LogP contribution in [-0.2, 0) is 16.0 Å². The molecule has 0 spiro atoms.